The van der Waals surface area contributed by atoms with Gasteiger partial charge in [-0.05, 0) is 19.4 Å². The van der Waals surface area contributed by atoms with Crippen LogP contribution in [0.2, 0.25) is 0 Å². The van der Waals surface area contributed by atoms with Gasteiger partial charge in [0.05, 0.1) is 12.0 Å². The molecule has 0 radical (unpaired) electrons. The summed E-state index contributed by atoms with van der Waals surface area (Å²) >= 11 is 5.15. The van der Waals surface area contributed by atoms with E-state index >= 15 is 0 Å². The first-order valence-corrected chi connectivity index (χ1v) is 5.21. The number of nitrogens with one attached hydrogen (secondary N) is 1. The van der Waals surface area contributed by atoms with Crippen molar-refractivity contribution >= 4 is 12.2 Å². The number of rotatable bonds is 1. The van der Waals surface area contributed by atoms with Gasteiger partial charge in [0.1, 0.15) is 4.64 Å². The summed E-state index contributed by atoms with van der Waals surface area (Å²) < 4.78 is 0.659. The summed E-state index contributed by atoms with van der Waals surface area (Å²) in [6.07, 6.45) is 1.65. The highest BCUT2D eigenvalue weighted by Gasteiger charge is 2.05. The Morgan fingerprint density at radius 3 is 2.67 bits per heavy atom. The molecule has 0 aliphatic heterocycles. The van der Waals surface area contributed by atoms with Crippen LogP contribution in [0.5, 0.6) is 0 Å². The van der Waals surface area contributed by atoms with E-state index in [1.54, 1.807) is 6.33 Å². The van der Waals surface area contributed by atoms with Crippen LogP contribution < -0.4 is 0 Å². The van der Waals surface area contributed by atoms with Crippen LogP contribution >= 0.6 is 12.2 Å². The van der Waals surface area contributed by atoms with E-state index in [-0.39, 0.29) is 0 Å². The smallest absolute Gasteiger partial charge is 0.132 e. The Bertz CT molecular complexity index is 543. The van der Waals surface area contributed by atoms with Gasteiger partial charge in [-0.25, -0.2) is 4.98 Å². The normalized spacial score (nSPS) is 10.3. The van der Waals surface area contributed by atoms with Gasteiger partial charge in [0.25, 0.3) is 0 Å². The first-order valence-electron chi connectivity index (χ1n) is 4.80. The Kier molecular flexibility index (Phi) is 2.64. The van der Waals surface area contributed by atoms with Gasteiger partial charge in [-0.3, -0.25) is 0 Å². The highest BCUT2D eigenvalue weighted by molar-refractivity contribution is 7.71. The summed E-state index contributed by atoms with van der Waals surface area (Å²) in [5.41, 5.74) is 4.51. The Morgan fingerprint density at radius 2 is 1.93 bits per heavy atom. The molecule has 0 atom stereocenters. The van der Waals surface area contributed by atoms with Crippen LogP contribution in [0.4, 0.5) is 0 Å². The monoisotopic (exact) mass is 216 g/mol. The number of aryl methyl sites for hydroxylation is 1. The highest BCUT2D eigenvalue weighted by Crippen LogP contribution is 2.23. The molecule has 1 N–H and O–H groups in total. The number of nitrogens with zero attached hydrogens (tertiary/aromatic N) is 1. The molecule has 0 aliphatic carbocycles. The van der Waals surface area contributed by atoms with Crippen molar-refractivity contribution in [3.8, 4) is 11.3 Å². The molecule has 0 bridgehead atoms. The Balaban J connectivity index is 2.70. The average molecular weight is 216 g/mol. The van der Waals surface area contributed by atoms with Crippen molar-refractivity contribution in [3.63, 3.8) is 0 Å². The van der Waals surface area contributed by atoms with E-state index < -0.39 is 0 Å². The maximum atomic E-state index is 5.15. The molecule has 0 amide bonds. The van der Waals surface area contributed by atoms with Crippen LogP contribution in [0.25, 0.3) is 11.3 Å². The molecule has 1 heterocycles. The lowest BCUT2D eigenvalue weighted by atomic mass is 10.0. The number of H-pyrrole nitrogens is 1. The third kappa shape index (κ3) is 1.83. The molecule has 1 aromatic heterocycles. The molecule has 0 unspecified atom stereocenters. The molecule has 2 nitrogen and oxygen atoms in total. The lowest BCUT2D eigenvalue weighted by Crippen LogP contribution is -1.93. The van der Waals surface area contributed by atoms with E-state index in [1.807, 2.05) is 19.1 Å². The van der Waals surface area contributed by atoms with Crippen molar-refractivity contribution in [1.29, 1.82) is 0 Å². The number of hydrogen-bond donors (Lipinski definition) is 1. The minimum absolute atomic E-state index is 0.659. The Morgan fingerprint density at radius 1 is 1.20 bits per heavy atom. The summed E-state index contributed by atoms with van der Waals surface area (Å²) in [4.78, 5) is 7.21. The van der Waals surface area contributed by atoms with Crippen LogP contribution in [0.15, 0.2) is 30.6 Å². The first kappa shape index (κ1) is 10.1. The number of hydrogen-bond acceptors (Lipinski definition) is 2. The minimum atomic E-state index is 0.659. The van der Waals surface area contributed by atoms with Crippen LogP contribution in [-0.4, -0.2) is 9.97 Å². The van der Waals surface area contributed by atoms with Gasteiger partial charge in [0.2, 0.25) is 0 Å². The van der Waals surface area contributed by atoms with Gasteiger partial charge >= 0.3 is 0 Å². The molecule has 76 valence electrons. The van der Waals surface area contributed by atoms with E-state index in [9.17, 15) is 0 Å². The van der Waals surface area contributed by atoms with Crippen molar-refractivity contribution < 1.29 is 0 Å². The molecule has 2 rings (SSSR count). The molecule has 3 heteroatoms. The standard InChI is InChI=1S/C12H12N2S/c1-8-5-3-4-6-10(8)11-9(2)12(15)14-7-13-11/h3-7H,1-2H3,(H,13,14,15). The fourth-order valence-electron chi connectivity index (χ4n) is 1.60. The van der Waals surface area contributed by atoms with Crippen LogP contribution in [-0.2, 0) is 0 Å². The molecular formula is C12H12N2S. The van der Waals surface area contributed by atoms with Crippen molar-refractivity contribution in [2.75, 3.05) is 0 Å². The summed E-state index contributed by atoms with van der Waals surface area (Å²) in [7, 11) is 0. The minimum Gasteiger partial charge on any atom is -0.346 e. The lowest BCUT2D eigenvalue weighted by Gasteiger charge is -2.08. The van der Waals surface area contributed by atoms with Crippen LogP contribution in [0.3, 0.4) is 0 Å². The van der Waals surface area contributed by atoms with E-state index in [0.29, 0.717) is 4.64 Å². The molecule has 0 saturated heterocycles. The van der Waals surface area contributed by atoms with Crippen molar-refractivity contribution in [3.05, 3.63) is 46.4 Å². The van der Waals surface area contributed by atoms with E-state index in [0.717, 1.165) is 11.3 Å². The second-order valence-corrected chi connectivity index (χ2v) is 3.91. The fraction of sp³-hybridized carbons (Fsp3) is 0.167. The lowest BCUT2D eigenvalue weighted by molar-refractivity contribution is 1.11. The van der Waals surface area contributed by atoms with Gasteiger partial charge in [0, 0.05) is 11.1 Å². The van der Waals surface area contributed by atoms with Gasteiger partial charge in [-0.1, -0.05) is 36.5 Å². The predicted molar refractivity (Wildman–Crippen MR) is 64.3 cm³/mol. The predicted octanol–water partition coefficient (Wildman–Crippen LogP) is 3.42. The summed E-state index contributed by atoms with van der Waals surface area (Å²) in [6, 6.07) is 8.23. The molecule has 2 aromatic rings. The maximum Gasteiger partial charge on any atom is 0.132 e. The topological polar surface area (TPSA) is 28.7 Å². The molecule has 0 aliphatic rings. The molecule has 1 aromatic carbocycles. The first-order chi connectivity index (χ1) is 7.20. The second kappa shape index (κ2) is 3.95. The number of aromatic amines is 1. The quantitative estimate of drug-likeness (QED) is 0.740. The zero-order valence-corrected chi connectivity index (χ0v) is 9.56. The van der Waals surface area contributed by atoms with E-state index in [1.165, 1.54) is 11.1 Å². The molecule has 15 heavy (non-hydrogen) atoms. The molecule has 0 saturated carbocycles. The maximum absolute atomic E-state index is 5.15. The zero-order valence-electron chi connectivity index (χ0n) is 8.74. The summed E-state index contributed by atoms with van der Waals surface area (Å²) in [6.45, 7) is 4.08. The molecule has 0 spiro atoms. The van der Waals surface area contributed by atoms with Gasteiger partial charge < -0.3 is 4.98 Å². The van der Waals surface area contributed by atoms with Crippen molar-refractivity contribution in [1.82, 2.24) is 9.97 Å². The van der Waals surface area contributed by atoms with Crippen LogP contribution in [0, 0.1) is 18.5 Å². The largest absolute Gasteiger partial charge is 0.346 e. The van der Waals surface area contributed by atoms with Crippen molar-refractivity contribution in [2.24, 2.45) is 0 Å². The number of aromatic nitrogens is 2. The number of benzene rings is 1. The second-order valence-electron chi connectivity index (χ2n) is 3.52. The van der Waals surface area contributed by atoms with E-state index in [4.69, 9.17) is 12.2 Å². The SMILES string of the molecule is Cc1ccccc1-c1[nH]cnc(=S)c1C. The third-order valence-electron chi connectivity index (χ3n) is 2.50. The summed E-state index contributed by atoms with van der Waals surface area (Å²) in [5.74, 6) is 0. The van der Waals surface area contributed by atoms with Crippen molar-refractivity contribution in [2.45, 2.75) is 13.8 Å². The highest BCUT2D eigenvalue weighted by atomic mass is 32.1. The van der Waals surface area contributed by atoms with Gasteiger partial charge in [0.15, 0.2) is 0 Å². The molecular weight excluding hydrogens is 204 g/mol. The Labute approximate surface area is 94.0 Å². The Hall–Kier alpha value is -1.48. The van der Waals surface area contributed by atoms with Crippen LogP contribution in [0.1, 0.15) is 11.1 Å². The third-order valence-corrected chi connectivity index (χ3v) is 2.91. The van der Waals surface area contributed by atoms with Gasteiger partial charge in [-0.15, -0.1) is 0 Å². The zero-order chi connectivity index (χ0) is 10.8. The molecule has 0 fully saturated rings. The average Bonchev–Trinajstić information content (AvgIpc) is 2.23. The van der Waals surface area contributed by atoms with Gasteiger partial charge in [-0.2, -0.15) is 0 Å². The fourth-order valence-corrected chi connectivity index (χ4v) is 1.76. The van der Waals surface area contributed by atoms with E-state index in [2.05, 4.69) is 29.0 Å². The summed E-state index contributed by atoms with van der Waals surface area (Å²) in [5, 5.41) is 0.